The normalized spacial score (nSPS) is 31.8. The molecule has 0 amide bonds. The van der Waals surface area contributed by atoms with Crippen LogP contribution in [0.4, 0.5) is 0 Å². The van der Waals surface area contributed by atoms with Crippen LogP contribution >= 0.6 is 0 Å². The second kappa shape index (κ2) is 5.65. The molecular formula is C11H21NO4S. The summed E-state index contributed by atoms with van der Waals surface area (Å²) in [5, 5.41) is 9.08. The zero-order chi connectivity index (χ0) is 12.3. The van der Waals surface area contributed by atoms with Crippen molar-refractivity contribution < 1.29 is 18.3 Å². The highest BCUT2D eigenvalue weighted by atomic mass is 32.2. The van der Waals surface area contributed by atoms with Crippen LogP contribution in [0.25, 0.3) is 0 Å². The average Bonchev–Trinajstić information content (AvgIpc) is 2.74. The summed E-state index contributed by atoms with van der Waals surface area (Å²) >= 11 is 0. The van der Waals surface area contributed by atoms with Crippen molar-refractivity contribution >= 4 is 10.0 Å². The molecule has 0 radical (unpaired) electrons. The fourth-order valence-corrected chi connectivity index (χ4v) is 4.09. The van der Waals surface area contributed by atoms with Gasteiger partial charge in [0.2, 0.25) is 10.0 Å². The number of hydrogen-bond donors (Lipinski definition) is 2. The highest BCUT2D eigenvalue weighted by Gasteiger charge is 2.29. The lowest BCUT2D eigenvalue weighted by molar-refractivity contribution is 0.0981. The van der Waals surface area contributed by atoms with Gasteiger partial charge in [-0.15, -0.1) is 0 Å². The molecule has 2 aliphatic rings. The Labute approximate surface area is 103 Å². The molecule has 0 spiro atoms. The van der Waals surface area contributed by atoms with Crippen molar-refractivity contribution in [2.24, 2.45) is 5.92 Å². The second-order valence-corrected chi connectivity index (χ2v) is 7.08. The standard InChI is InChI=1S/C11H21NO4S/c13-10-2-1-9(7-10)8-12-17(14,15)11-3-5-16-6-4-11/h9-13H,1-8H2. The van der Waals surface area contributed by atoms with Crippen LogP contribution in [0.2, 0.25) is 0 Å². The number of nitrogens with one attached hydrogen (secondary N) is 1. The van der Waals surface area contributed by atoms with Crippen LogP contribution in [0.5, 0.6) is 0 Å². The van der Waals surface area contributed by atoms with E-state index in [-0.39, 0.29) is 11.4 Å². The SMILES string of the molecule is O=S(=O)(NCC1CCC(O)C1)C1CCOCC1. The van der Waals surface area contributed by atoms with Gasteiger partial charge in [-0.1, -0.05) is 0 Å². The van der Waals surface area contributed by atoms with Crippen LogP contribution in [-0.4, -0.2) is 44.6 Å². The fraction of sp³-hybridized carbons (Fsp3) is 1.00. The predicted molar refractivity (Wildman–Crippen MR) is 64.1 cm³/mol. The molecule has 1 heterocycles. The number of rotatable bonds is 4. The number of hydrogen-bond acceptors (Lipinski definition) is 4. The van der Waals surface area contributed by atoms with Gasteiger partial charge in [-0.05, 0) is 38.0 Å². The van der Waals surface area contributed by atoms with Gasteiger partial charge in [-0.2, -0.15) is 0 Å². The van der Waals surface area contributed by atoms with Gasteiger partial charge in [0, 0.05) is 19.8 Å². The molecule has 0 aromatic rings. The third-order valence-corrected chi connectivity index (χ3v) is 5.61. The van der Waals surface area contributed by atoms with Crippen molar-refractivity contribution in [3.8, 4) is 0 Å². The van der Waals surface area contributed by atoms with Crippen molar-refractivity contribution in [2.75, 3.05) is 19.8 Å². The molecule has 5 nitrogen and oxygen atoms in total. The lowest BCUT2D eigenvalue weighted by atomic mass is 10.1. The van der Waals surface area contributed by atoms with Gasteiger partial charge < -0.3 is 9.84 Å². The van der Waals surface area contributed by atoms with E-state index in [4.69, 9.17) is 4.74 Å². The van der Waals surface area contributed by atoms with E-state index in [2.05, 4.69) is 4.72 Å². The number of ether oxygens (including phenoxy) is 1. The van der Waals surface area contributed by atoms with Gasteiger partial charge >= 0.3 is 0 Å². The maximum atomic E-state index is 12.0. The van der Waals surface area contributed by atoms with E-state index < -0.39 is 10.0 Å². The first-order valence-corrected chi connectivity index (χ1v) is 7.87. The summed E-state index contributed by atoms with van der Waals surface area (Å²) in [7, 11) is -3.20. The van der Waals surface area contributed by atoms with Crippen LogP contribution in [0.1, 0.15) is 32.1 Å². The zero-order valence-electron chi connectivity index (χ0n) is 9.97. The maximum absolute atomic E-state index is 12.0. The van der Waals surface area contributed by atoms with Crippen molar-refractivity contribution in [2.45, 2.75) is 43.5 Å². The molecule has 6 heteroatoms. The molecule has 1 aliphatic heterocycles. The van der Waals surface area contributed by atoms with Gasteiger partial charge in [0.25, 0.3) is 0 Å². The van der Waals surface area contributed by atoms with E-state index in [1.54, 1.807) is 0 Å². The van der Waals surface area contributed by atoms with Crippen molar-refractivity contribution in [1.29, 1.82) is 0 Å². The number of sulfonamides is 1. The summed E-state index contributed by atoms with van der Waals surface area (Å²) in [5.74, 6) is 0.291. The highest BCUT2D eigenvalue weighted by molar-refractivity contribution is 7.90. The molecule has 2 fully saturated rings. The Bertz CT molecular complexity index is 337. The quantitative estimate of drug-likeness (QED) is 0.762. The van der Waals surface area contributed by atoms with Gasteiger partial charge in [0.05, 0.1) is 11.4 Å². The van der Waals surface area contributed by atoms with Crippen LogP contribution in [-0.2, 0) is 14.8 Å². The largest absolute Gasteiger partial charge is 0.393 e. The monoisotopic (exact) mass is 263 g/mol. The molecule has 1 saturated heterocycles. The summed E-state index contributed by atoms with van der Waals surface area (Å²) in [4.78, 5) is 0. The molecule has 2 unspecified atom stereocenters. The van der Waals surface area contributed by atoms with E-state index in [9.17, 15) is 13.5 Å². The molecule has 0 aromatic carbocycles. The minimum absolute atomic E-state index is 0.243. The Morgan fingerprint density at radius 2 is 1.88 bits per heavy atom. The van der Waals surface area contributed by atoms with E-state index >= 15 is 0 Å². The van der Waals surface area contributed by atoms with Crippen LogP contribution in [0.3, 0.4) is 0 Å². The smallest absolute Gasteiger partial charge is 0.214 e. The second-order valence-electron chi connectivity index (χ2n) is 5.04. The molecular weight excluding hydrogens is 242 g/mol. The van der Waals surface area contributed by atoms with E-state index in [0.717, 1.165) is 19.3 Å². The molecule has 1 saturated carbocycles. The Morgan fingerprint density at radius 1 is 1.18 bits per heavy atom. The Kier molecular flexibility index (Phi) is 4.41. The zero-order valence-corrected chi connectivity index (χ0v) is 10.8. The minimum Gasteiger partial charge on any atom is -0.393 e. The summed E-state index contributed by atoms with van der Waals surface area (Å²) in [6.07, 6.45) is 3.36. The van der Waals surface area contributed by atoms with Crippen LogP contribution in [0, 0.1) is 5.92 Å². The molecule has 1 aliphatic carbocycles. The van der Waals surface area contributed by atoms with E-state index in [1.165, 1.54) is 0 Å². The maximum Gasteiger partial charge on any atom is 0.214 e. The molecule has 2 N–H and O–H groups in total. The van der Waals surface area contributed by atoms with Gasteiger partial charge in [0.15, 0.2) is 0 Å². The van der Waals surface area contributed by atoms with Crippen LogP contribution in [0.15, 0.2) is 0 Å². The summed E-state index contributed by atoms with van der Waals surface area (Å²) in [5.41, 5.74) is 0. The van der Waals surface area contributed by atoms with E-state index in [1.807, 2.05) is 0 Å². The molecule has 2 atom stereocenters. The third kappa shape index (κ3) is 3.64. The summed E-state index contributed by atoms with van der Waals surface area (Å²) in [6.45, 7) is 1.54. The Hall–Kier alpha value is -0.170. The molecule has 100 valence electrons. The first-order valence-electron chi connectivity index (χ1n) is 6.32. The predicted octanol–water partition coefficient (Wildman–Crippen LogP) is 0.246. The summed E-state index contributed by atoms with van der Waals surface area (Å²) in [6, 6.07) is 0. The fourth-order valence-electron chi connectivity index (χ4n) is 2.57. The van der Waals surface area contributed by atoms with E-state index in [0.29, 0.717) is 38.5 Å². The van der Waals surface area contributed by atoms with Gasteiger partial charge in [0.1, 0.15) is 0 Å². The summed E-state index contributed by atoms with van der Waals surface area (Å²) < 4.78 is 31.8. The van der Waals surface area contributed by atoms with Crippen LogP contribution < -0.4 is 4.72 Å². The first-order chi connectivity index (χ1) is 8.08. The van der Waals surface area contributed by atoms with Gasteiger partial charge in [-0.25, -0.2) is 13.1 Å². The number of aliphatic hydroxyl groups excluding tert-OH is 1. The minimum atomic E-state index is -3.20. The molecule has 2 rings (SSSR count). The van der Waals surface area contributed by atoms with Crippen molar-refractivity contribution in [3.63, 3.8) is 0 Å². The molecule has 17 heavy (non-hydrogen) atoms. The van der Waals surface area contributed by atoms with Gasteiger partial charge in [-0.3, -0.25) is 0 Å². The Morgan fingerprint density at radius 3 is 2.47 bits per heavy atom. The highest BCUT2D eigenvalue weighted by Crippen LogP contribution is 2.25. The lowest BCUT2D eigenvalue weighted by Gasteiger charge is -2.23. The first kappa shape index (κ1) is 13.3. The average molecular weight is 263 g/mol. The Balaban J connectivity index is 1.80. The lowest BCUT2D eigenvalue weighted by Crippen LogP contribution is -2.39. The molecule has 0 bridgehead atoms. The third-order valence-electron chi connectivity index (χ3n) is 3.69. The van der Waals surface area contributed by atoms with Crippen molar-refractivity contribution in [1.82, 2.24) is 4.72 Å². The number of aliphatic hydroxyl groups is 1. The molecule has 0 aromatic heterocycles. The van der Waals surface area contributed by atoms with Crippen molar-refractivity contribution in [3.05, 3.63) is 0 Å². The topological polar surface area (TPSA) is 75.6 Å².